The Morgan fingerprint density at radius 2 is 1.75 bits per heavy atom. The van der Waals surface area contributed by atoms with E-state index in [-0.39, 0.29) is 0 Å². The Bertz CT molecular complexity index is 175. The van der Waals surface area contributed by atoms with Gasteiger partial charge in [0.05, 0.1) is 12.2 Å². The van der Waals surface area contributed by atoms with Crippen LogP contribution in [0.4, 0.5) is 0 Å². The van der Waals surface area contributed by atoms with Crippen molar-refractivity contribution < 1.29 is 4.74 Å². The minimum atomic E-state index is 0.419. The quantitative estimate of drug-likeness (QED) is 0.703. The summed E-state index contributed by atoms with van der Waals surface area (Å²) in [5.74, 6) is 0. The van der Waals surface area contributed by atoms with E-state index in [1.807, 2.05) is 0 Å². The molecule has 16 heavy (non-hydrogen) atoms. The lowest BCUT2D eigenvalue weighted by atomic mass is 10.00. The highest BCUT2D eigenvalue weighted by Crippen LogP contribution is 2.18. The van der Waals surface area contributed by atoms with E-state index in [1.165, 1.54) is 19.4 Å². The van der Waals surface area contributed by atoms with Gasteiger partial charge in [-0.05, 0) is 66.7 Å². The second-order valence-electron chi connectivity index (χ2n) is 5.39. The summed E-state index contributed by atoms with van der Waals surface area (Å²) in [5.41, 5.74) is 0. The molecular formula is C13H28N2O. The molecule has 0 aromatic rings. The lowest BCUT2D eigenvalue weighted by Crippen LogP contribution is -2.41. The Labute approximate surface area is 101 Å². The maximum atomic E-state index is 5.73. The lowest BCUT2D eigenvalue weighted by molar-refractivity contribution is -0.0420. The summed E-state index contributed by atoms with van der Waals surface area (Å²) in [4.78, 5) is 2.25. The average Bonchev–Trinajstić information content (AvgIpc) is 2.15. The van der Waals surface area contributed by atoms with E-state index >= 15 is 0 Å². The first-order valence-corrected chi connectivity index (χ1v) is 6.61. The zero-order valence-corrected chi connectivity index (χ0v) is 11.3. The number of rotatable bonds is 6. The van der Waals surface area contributed by atoms with E-state index in [0.29, 0.717) is 18.2 Å². The minimum absolute atomic E-state index is 0.419. The van der Waals surface area contributed by atoms with Gasteiger partial charge < -0.3 is 15.0 Å². The van der Waals surface area contributed by atoms with E-state index in [0.717, 1.165) is 19.4 Å². The van der Waals surface area contributed by atoms with Crippen molar-refractivity contribution in [1.82, 2.24) is 10.2 Å². The predicted molar refractivity (Wildman–Crippen MR) is 68.8 cm³/mol. The van der Waals surface area contributed by atoms with E-state index in [1.54, 1.807) is 0 Å². The van der Waals surface area contributed by atoms with Crippen molar-refractivity contribution in [3.8, 4) is 0 Å². The van der Waals surface area contributed by atoms with Crippen LogP contribution in [-0.2, 0) is 4.74 Å². The maximum Gasteiger partial charge on any atom is 0.0565 e. The van der Waals surface area contributed by atoms with E-state index in [9.17, 15) is 0 Å². The van der Waals surface area contributed by atoms with Crippen LogP contribution in [0.3, 0.4) is 0 Å². The van der Waals surface area contributed by atoms with Crippen molar-refractivity contribution in [1.29, 1.82) is 0 Å². The molecule has 0 amide bonds. The van der Waals surface area contributed by atoms with Crippen LogP contribution in [-0.4, -0.2) is 50.3 Å². The van der Waals surface area contributed by atoms with E-state index in [4.69, 9.17) is 4.74 Å². The minimum Gasteiger partial charge on any atom is -0.375 e. The molecule has 3 heteroatoms. The third kappa shape index (κ3) is 5.83. The summed E-state index contributed by atoms with van der Waals surface area (Å²) in [5, 5.41) is 3.66. The second-order valence-corrected chi connectivity index (χ2v) is 5.39. The molecule has 0 aliphatic carbocycles. The van der Waals surface area contributed by atoms with Crippen LogP contribution in [0.15, 0.2) is 0 Å². The first-order valence-electron chi connectivity index (χ1n) is 6.61. The molecule has 2 unspecified atom stereocenters. The molecule has 1 rings (SSSR count). The van der Waals surface area contributed by atoms with Crippen LogP contribution in [0.1, 0.15) is 39.5 Å². The van der Waals surface area contributed by atoms with E-state index in [2.05, 4.69) is 38.2 Å². The number of hydrogen-bond donors (Lipinski definition) is 1. The molecule has 0 aromatic carbocycles. The monoisotopic (exact) mass is 228 g/mol. The molecule has 0 aromatic heterocycles. The zero-order valence-electron chi connectivity index (χ0n) is 11.3. The Hall–Kier alpha value is -0.120. The SMILES string of the molecule is CC1CC(NCCCCN(C)C)CC(C)O1. The molecule has 0 radical (unpaired) electrons. The normalized spacial score (nSPS) is 30.9. The van der Waals surface area contributed by atoms with Gasteiger partial charge in [0.15, 0.2) is 0 Å². The van der Waals surface area contributed by atoms with Gasteiger partial charge >= 0.3 is 0 Å². The molecule has 1 aliphatic rings. The molecule has 96 valence electrons. The maximum absolute atomic E-state index is 5.73. The van der Waals surface area contributed by atoms with E-state index < -0.39 is 0 Å². The van der Waals surface area contributed by atoms with Gasteiger partial charge in [0.25, 0.3) is 0 Å². The topological polar surface area (TPSA) is 24.5 Å². The fraction of sp³-hybridized carbons (Fsp3) is 1.00. The van der Waals surface area contributed by atoms with Gasteiger partial charge in [0.2, 0.25) is 0 Å². The highest BCUT2D eigenvalue weighted by molar-refractivity contribution is 4.78. The van der Waals surface area contributed by atoms with Gasteiger partial charge in [-0.25, -0.2) is 0 Å². The summed E-state index contributed by atoms with van der Waals surface area (Å²) in [7, 11) is 4.27. The summed E-state index contributed by atoms with van der Waals surface area (Å²) < 4.78 is 5.73. The molecule has 1 saturated heterocycles. The molecule has 3 nitrogen and oxygen atoms in total. The van der Waals surface area contributed by atoms with Crippen LogP contribution in [0.5, 0.6) is 0 Å². The van der Waals surface area contributed by atoms with Crippen molar-refractivity contribution in [2.24, 2.45) is 0 Å². The Morgan fingerprint density at radius 3 is 2.31 bits per heavy atom. The molecular weight excluding hydrogens is 200 g/mol. The molecule has 0 bridgehead atoms. The van der Waals surface area contributed by atoms with Gasteiger partial charge in [-0.15, -0.1) is 0 Å². The summed E-state index contributed by atoms with van der Waals surface area (Å²) in [6, 6.07) is 0.665. The fourth-order valence-electron chi connectivity index (χ4n) is 2.43. The first-order chi connectivity index (χ1) is 7.58. The van der Waals surface area contributed by atoms with Gasteiger partial charge in [-0.2, -0.15) is 0 Å². The lowest BCUT2D eigenvalue weighted by Gasteiger charge is -2.32. The van der Waals surface area contributed by atoms with Crippen LogP contribution < -0.4 is 5.32 Å². The number of unbranched alkanes of at least 4 members (excludes halogenated alkanes) is 1. The van der Waals surface area contributed by atoms with Gasteiger partial charge in [-0.3, -0.25) is 0 Å². The Balaban J connectivity index is 2.04. The van der Waals surface area contributed by atoms with Crippen molar-refractivity contribution in [3.05, 3.63) is 0 Å². The smallest absolute Gasteiger partial charge is 0.0565 e. The number of hydrogen-bond acceptors (Lipinski definition) is 3. The Kier molecular flexibility index (Phi) is 6.32. The van der Waals surface area contributed by atoms with Crippen LogP contribution >= 0.6 is 0 Å². The highest BCUT2D eigenvalue weighted by atomic mass is 16.5. The van der Waals surface area contributed by atoms with Gasteiger partial charge in [0.1, 0.15) is 0 Å². The molecule has 1 N–H and O–H groups in total. The standard InChI is InChI=1S/C13H28N2O/c1-11-9-13(10-12(2)16-11)14-7-5-6-8-15(3)4/h11-14H,5-10H2,1-4H3. The average molecular weight is 228 g/mol. The zero-order chi connectivity index (χ0) is 12.0. The number of nitrogens with zero attached hydrogens (tertiary/aromatic N) is 1. The number of nitrogens with one attached hydrogen (secondary N) is 1. The van der Waals surface area contributed by atoms with Crippen molar-refractivity contribution in [2.75, 3.05) is 27.2 Å². The van der Waals surface area contributed by atoms with Crippen molar-refractivity contribution in [2.45, 2.75) is 57.8 Å². The van der Waals surface area contributed by atoms with Crippen molar-refractivity contribution >= 4 is 0 Å². The largest absolute Gasteiger partial charge is 0.375 e. The fourth-order valence-corrected chi connectivity index (χ4v) is 2.43. The third-order valence-corrected chi connectivity index (χ3v) is 3.16. The summed E-state index contributed by atoms with van der Waals surface area (Å²) in [6.45, 7) is 6.70. The predicted octanol–water partition coefficient (Wildman–Crippen LogP) is 1.87. The number of ether oxygens (including phenoxy) is 1. The molecule has 1 heterocycles. The van der Waals surface area contributed by atoms with Crippen LogP contribution in [0.25, 0.3) is 0 Å². The van der Waals surface area contributed by atoms with Crippen molar-refractivity contribution in [3.63, 3.8) is 0 Å². The molecule has 0 saturated carbocycles. The molecule has 1 aliphatic heterocycles. The Morgan fingerprint density at radius 1 is 1.12 bits per heavy atom. The molecule has 0 spiro atoms. The first kappa shape index (κ1) is 13.9. The van der Waals surface area contributed by atoms with Crippen LogP contribution in [0, 0.1) is 0 Å². The second kappa shape index (κ2) is 7.25. The highest BCUT2D eigenvalue weighted by Gasteiger charge is 2.23. The third-order valence-electron chi connectivity index (χ3n) is 3.16. The molecule has 1 fully saturated rings. The summed E-state index contributed by atoms with van der Waals surface area (Å²) in [6.07, 6.45) is 5.73. The molecule has 2 atom stereocenters. The van der Waals surface area contributed by atoms with Gasteiger partial charge in [0, 0.05) is 6.04 Å². The van der Waals surface area contributed by atoms with Crippen LogP contribution in [0.2, 0.25) is 0 Å². The van der Waals surface area contributed by atoms with Gasteiger partial charge in [-0.1, -0.05) is 0 Å². The summed E-state index contributed by atoms with van der Waals surface area (Å²) >= 11 is 0.